The molecule has 1 aliphatic rings. The van der Waals surface area contributed by atoms with Crippen molar-refractivity contribution in [2.24, 2.45) is 5.92 Å². The zero-order valence-electron chi connectivity index (χ0n) is 17.3. The fraction of sp³-hybridized carbons (Fsp3) is 0.429. The van der Waals surface area contributed by atoms with Crippen LogP contribution >= 0.6 is 0 Å². The van der Waals surface area contributed by atoms with Gasteiger partial charge in [0.25, 0.3) is 0 Å². The molecule has 0 N–H and O–H groups in total. The van der Waals surface area contributed by atoms with Gasteiger partial charge in [0.05, 0.1) is 5.56 Å². The van der Waals surface area contributed by atoms with Crippen molar-refractivity contribution in [3.8, 4) is 16.9 Å². The first-order valence-electron chi connectivity index (χ1n) is 9.93. The molecule has 0 aliphatic heterocycles. The minimum atomic E-state index is -6.64. The van der Waals surface area contributed by atoms with Gasteiger partial charge in [-0.3, -0.25) is 0 Å². The van der Waals surface area contributed by atoms with Gasteiger partial charge < -0.3 is 4.18 Å². The molecule has 2 aromatic rings. The molecule has 0 atom stereocenters. The van der Waals surface area contributed by atoms with E-state index in [1.807, 2.05) is 6.92 Å². The second-order valence-electron chi connectivity index (χ2n) is 8.07. The Bertz CT molecular complexity index is 1180. The first-order valence-corrected chi connectivity index (χ1v) is 11.3. The highest BCUT2D eigenvalue weighted by Crippen LogP contribution is 2.44. The lowest BCUT2D eigenvalue weighted by Crippen LogP contribution is -2.29. The third kappa shape index (κ3) is 4.98. The number of alkyl halides is 6. The number of rotatable bonds is 4. The Balaban J connectivity index is 2.17. The molecule has 2 aromatic carbocycles. The lowest BCUT2D eigenvalue weighted by molar-refractivity contribution is -0.140. The van der Waals surface area contributed by atoms with E-state index in [1.165, 1.54) is 0 Å². The maximum absolute atomic E-state index is 14.9. The maximum atomic E-state index is 14.9. The van der Waals surface area contributed by atoms with Gasteiger partial charge in [0.1, 0.15) is 0 Å². The highest BCUT2D eigenvalue weighted by Gasteiger charge is 2.50. The predicted molar refractivity (Wildman–Crippen MR) is 103 cm³/mol. The fourth-order valence-corrected chi connectivity index (χ4v) is 4.36. The summed E-state index contributed by atoms with van der Waals surface area (Å²) in [6.45, 7) is 1.99. The lowest BCUT2D eigenvalue weighted by Gasteiger charge is -2.27. The topological polar surface area (TPSA) is 43.4 Å². The van der Waals surface area contributed by atoms with Crippen LogP contribution in [0.4, 0.5) is 39.5 Å². The average Bonchev–Trinajstić information content (AvgIpc) is 2.71. The predicted octanol–water partition coefficient (Wildman–Crippen LogP) is 7.31. The number of benzene rings is 2. The van der Waals surface area contributed by atoms with Gasteiger partial charge in [-0.25, -0.2) is 13.2 Å². The highest BCUT2D eigenvalue weighted by molar-refractivity contribution is 7.88. The normalized spacial score (nSPS) is 19.8. The average molecular weight is 520 g/mol. The summed E-state index contributed by atoms with van der Waals surface area (Å²) >= 11 is 0. The van der Waals surface area contributed by atoms with Gasteiger partial charge in [-0.2, -0.15) is 34.8 Å². The van der Waals surface area contributed by atoms with Crippen LogP contribution in [-0.4, -0.2) is 13.9 Å². The van der Waals surface area contributed by atoms with Crippen molar-refractivity contribution >= 4 is 10.1 Å². The molecule has 0 amide bonds. The Morgan fingerprint density at radius 2 is 1.35 bits per heavy atom. The van der Waals surface area contributed by atoms with Gasteiger partial charge in [0.15, 0.2) is 23.2 Å². The molecule has 34 heavy (non-hydrogen) atoms. The molecule has 0 bridgehead atoms. The van der Waals surface area contributed by atoms with E-state index in [0.717, 1.165) is 25.0 Å². The Kier molecular flexibility index (Phi) is 6.90. The third-order valence-corrected chi connectivity index (χ3v) is 6.69. The lowest BCUT2D eigenvalue weighted by atomic mass is 9.79. The highest BCUT2D eigenvalue weighted by atomic mass is 32.2. The van der Waals surface area contributed by atoms with Crippen molar-refractivity contribution in [3.63, 3.8) is 0 Å². The van der Waals surface area contributed by atoms with Crippen LogP contribution in [0.1, 0.15) is 49.7 Å². The molecule has 13 heteroatoms. The van der Waals surface area contributed by atoms with E-state index in [4.69, 9.17) is 0 Å². The van der Waals surface area contributed by atoms with Crippen LogP contribution in [0.25, 0.3) is 11.1 Å². The van der Waals surface area contributed by atoms with Crippen LogP contribution in [0.3, 0.4) is 0 Å². The molecule has 0 spiro atoms. The van der Waals surface area contributed by atoms with Crippen molar-refractivity contribution in [1.29, 1.82) is 0 Å². The van der Waals surface area contributed by atoms with Crippen molar-refractivity contribution in [2.75, 3.05) is 0 Å². The molecule has 3 rings (SSSR count). The molecule has 1 saturated carbocycles. The van der Waals surface area contributed by atoms with E-state index in [9.17, 15) is 47.9 Å². The molecule has 0 aromatic heterocycles. The van der Waals surface area contributed by atoms with Crippen molar-refractivity contribution in [1.82, 2.24) is 0 Å². The summed E-state index contributed by atoms with van der Waals surface area (Å²) in [6.07, 6.45) is -2.90. The monoisotopic (exact) mass is 520 g/mol. The zero-order valence-corrected chi connectivity index (χ0v) is 18.1. The SMILES string of the molecule is CC1CCC(c2ccc(-c3ccc(C(F)(F)F)c(F)c3OS(=O)(=O)C(F)(F)F)c(F)c2F)CC1. The maximum Gasteiger partial charge on any atom is 0.534 e. The minimum Gasteiger partial charge on any atom is -0.372 e. The Morgan fingerprint density at radius 3 is 1.88 bits per heavy atom. The van der Waals surface area contributed by atoms with Crippen LogP contribution in [0.5, 0.6) is 5.75 Å². The molecule has 0 unspecified atom stereocenters. The summed E-state index contributed by atoms with van der Waals surface area (Å²) in [6, 6.07) is 2.30. The van der Waals surface area contributed by atoms with Crippen LogP contribution < -0.4 is 4.18 Å². The third-order valence-electron chi connectivity index (χ3n) is 5.74. The molecule has 188 valence electrons. The quantitative estimate of drug-likeness (QED) is 0.241. The largest absolute Gasteiger partial charge is 0.534 e. The smallest absolute Gasteiger partial charge is 0.372 e. The van der Waals surface area contributed by atoms with Crippen molar-refractivity contribution < 1.29 is 52.1 Å². The number of halogens is 9. The molecule has 0 saturated heterocycles. The Labute approximate surface area is 188 Å². The van der Waals surface area contributed by atoms with E-state index in [-0.39, 0.29) is 17.5 Å². The summed E-state index contributed by atoms with van der Waals surface area (Å²) in [7, 11) is -6.64. The van der Waals surface area contributed by atoms with Gasteiger partial charge in [-0.1, -0.05) is 31.9 Å². The van der Waals surface area contributed by atoms with Crippen LogP contribution in [0, 0.1) is 23.4 Å². The van der Waals surface area contributed by atoms with E-state index in [1.54, 1.807) is 0 Å². The summed E-state index contributed by atoms with van der Waals surface area (Å²) in [5, 5.41) is 0. The molecule has 3 nitrogen and oxygen atoms in total. The minimum absolute atomic E-state index is 0.0501. The van der Waals surface area contributed by atoms with Crippen LogP contribution in [-0.2, 0) is 16.3 Å². The first kappa shape index (κ1) is 26.2. The summed E-state index contributed by atoms with van der Waals surface area (Å²) in [4.78, 5) is 0. The van der Waals surface area contributed by atoms with Crippen LogP contribution in [0.2, 0.25) is 0 Å². The van der Waals surface area contributed by atoms with Gasteiger partial charge in [-0.05, 0) is 42.4 Å². The van der Waals surface area contributed by atoms with Crippen molar-refractivity contribution in [3.05, 3.63) is 52.8 Å². The standard InChI is InChI=1S/C21H17F9O3S/c1-10-2-4-11(5-3-10)12-6-7-13(17(23)16(12)22)14-8-9-15(20(25,26)27)18(24)19(14)33-34(31,32)21(28,29)30/h6-11H,2-5H2,1H3. The van der Waals surface area contributed by atoms with E-state index < -0.39 is 61.7 Å². The summed E-state index contributed by atoms with van der Waals surface area (Å²) in [5.74, 6) is -7.67. The summed E-state index contributed by atoms with van der Waals surface area (Å²) in [5.41, 5.74) is -10.4. The number of hydrogen-bond acceptors (Lipinski definition) is 3. The van der Waals surface area contributed by atoms with Gasteiger partial charge in [-0.15, -0.1) is 0 Å². The van der Waals surface area contributed by atoms with E-state index in [0.29, 0.717) is 24.8 Å². The fourth-order valence-electron chi connectivity index (χ4n) is 3.88. The molecular formula is C21H17F9O3S. The molecule has 0 radical (unpaired) electrons. The van der Waals surface area contributed by atoms with Crippen molar-refractivity contribution in [2.45, 2.75) is 50.2 Å². The molecule has 0 heterocycles. The number of hydrogen-bond donors (Lipinski definition) is 0. The Morgan fingerprint density at radius 1 is 0.794 bits per heavy atom. The Hall–Kier alpha value is -2.44. The molecule has 1 fully saturated rings. The van der Waals surface area contributed by atoms with Gasteiger partial charge in [0, 0.05) is 11.1 Å². The van der Waals surface area contributed by atoms with E-state index in [2.05, 4.69) is 4.18 Å². The molecule has 1 aliphatic carbocycles. The zero-order chi connectivity index (χ0) is 25.6. The van der Waals surface area contributed by atoms with Gasteiger partial charge >= 0.3 is 21.8 Å². The van der Waals surface area contributed by atoms with E-state index >= 15 is 0 Å². The second-order valence-corrected chi connectivity index (χ2v) is 9.61. The first-order chi connectivity index (χ1) is 15.5. The summed E-state index contributed by atoms with van der Waals surface area (Å²) < 4.78 is 148. The second kappa shape index (κ2) is 8.97. The molecular weight excluding hydrogens is 503 g/mol. The van der Waals surface area contributed by atoms with Gasteiger partial charge in [0.2, 0.25) is 0 Å². The van der Waals surface area contributed by atoms with Crippen LogP contribution in [0.15, 0.2) is 24.3 Å².